The Morgan fingerprint density at radius 2 is 1.01 bits per heavy atom. The van der Waals surface area contributed by atoms with Gasteiger partial charge in [0.05, 0.1) is 32.2 Å². The highest BCUT2D eigenvalue weighted by atomic mass is 16.5. The maximum absolute atomic E-state index is 15.1. The van der Waals surface area contributed by atoms with Crippen LogP contribution in [0.2, 0.25) is 0 Å². The number of allylic oxidation sites excluding steroid dienone is 3. The van der Waals surface area contributed by atoms with E-state index in [1.165, 1.54) is 0 Å². The number of benzene rings is 5. The molecule has 4 aliphatic carbocycles. The molecule has 2 N–H and O–H groups in total. The topological polar surface area (TPSA) is 152 Å². The van der Waals surface area contributed by atoms with Gasteiger partial charge in [0.25, 0.3) is 17.7 Å². The number of hydrogen-bond acceptors (Lipinski definition) is 10. The van der Waals surface area contributed by atoms with Crippen LogP contribution in [0.5, 0.6) is 28.7 Å². The van der Waals surface area contributed by atoms with Gasteiger partial charge in [-0.15, -0.1) is 0 Å². The Morgan fingerprint density at radius 3 is 1.55 bits per heavy atom. The number of rotatable bonds is 12. The number of aliphatic hydroxyl groups is 2. The summed E-state index contributed by atoms with van der Waals surface area (Å²) in [5.41, 5.74) is 6.41. The van der Waals surface area contributed by atoms with Gasteiger partial charge in [-0.2, -0.15) is 0 Å². The van der Waals surface area contributed by atoms with Gasteiger partial charge in [0.2, 0.25) is 5.91 Å². The van der Waals surface area contributed by atoms with E-state index < -0.39 is 48.7 Å². The first-order chi connectivity index (χ1) is 36.5. The normalized spacial score (nSPS) is 18.7. The number of fused-ring (bicyclic) bond motifs is 1. The number of aliphatic hydroxyl groups excluding tert-OH is 2. The molecule has 6 aliphatic rings. The standard InChI is InChI=1S/C65H62N2O10/c1-35-11-19-39(20-12-35)74-47-31-43-51-44(60(71)66(27-29-68)59(43)70)33-49(76-41-23-15-37(16-24-41)64(5,6)7)55-56-50(77-42-25-17-38(18-26-42)65(8,9)10)34-46-52-45(61(72)67(28-30-69)62(46)73)32-48(54(58(52)56)53(47)57(51)55)75-40-21-13-36(14-22-40)63(2,3)4/h11-26,31-34,46,57,68-69H,27-30H2,1-10H3. The summed E-state index contributed by atoms with van der Waals surface area (Å²) in [6, 6.07) is 32.4. The van der Waals surface area contributed by atoms with E-state index in [0.717, 1.165) is 32.1 Å². The van der Waals surface area contributed by atoms with Crippen LogP contribution in [0.4, 0.5) is 0 Å². The molecular formula is C65H62N2O10. The predicted molar refractivity (Wildman–Crippen MR) is 293 cm³/mol. The summed E-state index contributed by atoms with van der Waals surface area (Å²) in [5, 5.41) is 21.5. The molecule has 2 atom stereocenters. The minimum absolute atomic E-state index is 0.174. The van der Waals surface area contributed by atoms with Crippen molar-refractivity contribution >= 4 is 34.8 Å². The fourth-order valence-corrected chi connectivity index (χ4v) is 11.2. The van der Waals surface area contributed by atoms with E-state index in [9.17, 15) is 15.0 Å². The van der Waals surface area contributed by atoms with Crippen LogP contribution in [0.25, 0.3) is 11.1 Å². The van der Waals surface area contributed by atoms with Crippen molar-refractivity contribution in [2.75, 3.05) is 26.3 Å². The average molecular weight is 1030 g/mol. The lowest BCUT2D eigenvalue weighted by molar-refractivity contribution is -0.141. The van der Waals surface area contributed by atoms with Gasteiger partial charge in [0.1, 0.15) is 46.0 Å². The molecule has 11 rings (SSSR count). The van der Waals surface area contributed by atoms with Crippen molar-refractivity contribution < 1.29 is 48.3 Å². The first kappa shape index (κ1) is 51.1. The van der Waals surface area contributed by atoms with Gasteiger partial charge in [-0.1, -0.05) is 116 Å². The Bertz CT molecular complexity index is 3660. The van der Waals surface area contributed by atoms with Crippen LogP contribution >= 0.6 is 0 Å². The number of amides is 4. The Balaban J connectivity index is 1.31. The fourth-order valence-electron chi connectivity index (χ4n) is 11.2. The summed E-state index contributed by atoms with van der Waals surface area (Å²) >= 11 is 0. The SMILES string of the molecule is Cc1ccc(OC2=CC3=C4C(=CC(Oc5ccc(C(C)(C)C)cc5)=C5C6=c7c8c(cc(Oc9ccc(C(C)(C)C)cc9)c7=C2C54)C(=O)N(CCO)C(=O)C8C=C6Oc2ccc(C(C)(C)C)cc2)C(=O)N(CCO)C3=O)cc1. The molecule has 2 unspecified atom stereocenters. The van der Waals surface area contributed by atoms with Gasteiger partial charge >= 0.3 is 0 Å². The van der Waals surface area contributed by atoms with Crippen LogP contribution in [0.3, 0.4) is 0 Å². The number of hydrogen-bond donors (Lipinski definition) is 2. The monoisotopic (exact) mass is 1030 g/mol. The van der Waals surface area contributed by atoms with Gasteiger partial charge in [0, 0.05) is 49.8 Å². The average Bonchev–Trinajstić information content (AvgIpc) is 3.55. The fraction of sp³-hybridized carbons (Fsp3) is 0.292. The zero-order chi connectivity index (χ0) is 54.6. The number of aryl methyl sites for hydroxylation is 1. The first-order valence-electron chi connectivity index (χ1n) is 26.2. The molecule has 77 heavy (non-hydrogen) atoms. The van der Waals surface area contributed by atoms with Crippen LogP contribution in [0.1, 0.15) is 106 Å². The minimum Gasteiger partial charge on any atom is -0.457 e. The molecule has 5 aromatic rings. The van der Waals surface area contributed by atoms with Crippen molar-refractivity contribution in [1.29, 1.82) is 0 Å². The summed E-state index contributed by atoms with van der Waals surface area (Å²) in [6.07, 6.45) is 5.02. The number of carbonyl (C=O) groups excluding carboxylic acids is 4. The quantitative estimate of drug-likeness (QED) is 0.116. The molecule has 0 spiro atoms. The Labute approximate surface area is 448 Å². The van der Waals surface area contributed by atoms with E-state index in [0.29, 0.717) is 61.3 Å². The van der Waals surface area contributed by atoms with Gasteiger partial charge in [-0.05, 0) is 124 Å². The van der Waals surface area contributed by atoms with Crippen LogP contribution in [-0.4, -0.2) is 69.9 Å². The lowest BCUT2D eigenvalue weighted by Crippen LogP contribution is -2.54. The highest BCUT2D eigenvalue weighted by molar-refractivity contribution is 6.21. The molecule has 0 saturated carbocycles. The maximum atomic E-state index is 15.1. The van der Waals surface area contributed by atoms with Crippen LogP contribution in [-0.2, 0) is 30.6 Å². The smallest absolute Gasteiger partial charge is 0.261 e. The highest BCUT2D eigenvalue weighted by Gasteiger charge is 2.53. The lowest BCUT2D eigenvalue weighted by Gasteiger charge is -2.44. The third-order valence-electron chi connectivity index (χ3n) is 15.2. The molecule has 0 aromatic heterocycles. The van der Waals surface area contributed by atoms with Gasteiger partial charge in [0.15, 0.2) is 0 Å². The summed E-state index contributed by atoms with van der Waals surface area (Å²) < 4.78 is 28.3. The maximum Gasteiger partial charge on any atom is 0.261 e. The summed E-state index contributed by atoms with van der Waals surface area (Å²) in [4.78, 5) is 62.2. The molecule has 0 saturated heterocycles. The van der Waals surface area contributed by atoms with E-state index in [-0.39, 0.29) is 69.1 Å². The van der Waals surface area contributed by atoms with Crippen molar-refractivity contribution in [3.05, 3.63) is 205 Å². The summed E-state index contributed by atoms with van der Waals surface area (Å²) in [5.74, 6) is -1.73. The van der Waals surface area contributed by atoms with Crippen LogP contribution in [0, 0.1) is 12.8 Å². The zero-order valence-corrected chi connectivity index (χ0v) is 45.1. The van der Waals surface area contributed by atoms with E-state index in [1.54, 1.807) is 24.3 Å². The molecule has 5 aromatic carbocycles. The zero-order valence-electron chi connectivity index (χ0n) is 45.1. The molecule has 0 fully saturated rings. The van der Waals surface area contributed by atoms with Gasteiger partial charge < -0.3 is 29.2 Å². The minimum atomic E-state index is -1.09. The summed E-state index contributed by atoms with van der Waals surface area (Å²) in [7, 11) is 0. The lowest BCUT2D eigenvalue weighted by atomic mass is 9.63. The van der Waals surface area contributed by atoms with E-state index in [4.69, 9.17) is 18.9 Å². The third kappa shape index (κ3) is 8.73. The second-order valence-electron chi connectivity index (χ2n) is 23.5. The number of β-amino-alcohol motifs (C(OH)–C–C–N with tert-alkyl or cyclic N) is 2. The molecule has 392 valence electrons. The second-order valence-corrected chi connectivity index (χ2v) is 23.5. The molecule has 4 amide bonds. The first-order valence-corrected chi connectivity index (χ1v) is 26.2. The van der Waals surface area contributed by atoms with Crippen molar-refractivity contribution in [3.8, 4) is 28.7 Å². The van der Waals surface area contributed by atoms with Crippen LogP contribution in [0.15, 0.2) is 161 Å². The molecule has 12 heteroatoms. The number of ether oxygens (including phenoxy) is 4. The number of nitrogens with zero attached hydrogens (tertiary/aromatic N) is 2. The van der Waals surface area contributed by atoms with Gasteiger partial charge in [-0.25, -0.2) is 0 Å². The Morgan fingerprint density at radius 1 is 0.519 bits per heavy atom. The molecule has 0 radical (unpaired) electrons. The molecule has 2 aliphatic heterocycles. The van der Waals surface area contributed by atoms with E-state index in [2.05, 4.69) is 62.3 Å². The van der Waals surface area contributed by atoms with Crippen molar-refractivity contribution in [1.82, 2.24) is 9.80 Å². The molecule has 0 bridgehead atoms. The Kier molecular flexibility index (Phi) is 12.3. The van der Waals surface area contributed by atoms with Gasteiger partial charge in [-0.3, -0.25) is 29.0 Å². The van der Waals surface area contributed by atoms with E-state index in [1.807, 2.05) is 104 Å². The number of imide groups is 2. The van der Waals surface area contributed by atoms with Crippen molar-refractivity contribution in [2.45, 2.75) is 91.4 Å². The van der Waals surface area contributed by atoms with Crippen molar-refractivity contribution in [2.24, 2.45) is 5.92 Å². The molecule has 12 nitrogen and oxygen atoms in total. The highest BCUT2D eigenvalue weighted by Crippen LogP contribution is 2.55. The van der Waals surface area contributed by atoms with E-state index >= 15 is 14.4 Å². The van der Waals surface area contributed by atoms with Crippen molar-refractivity contribution in [3.63, 3.8) is 0 Å². The molecule has 2 heterocycles. The predicted octanol–water partition coefficient (Wildman–Crippen LogP) is 9.55. The second kappa shape index (κ2) is 18.6. The third-order valence-corrected chi connectivity index (χ3v) is 15.2. The molecular weight excluding hydrogens is 969 g/mol. The van der Waals surface area contributed by atoms with Crippen LogP contribution < -0.4 is 29.4 Å². The largest absolute Gasteiger partial charge is 0.457 e. The Hall–Kier alpha value is -8.06. The summed E-state index contributed by atoms with van der Waals surface area (Å²) in [6.45, 7) is 19.6. The number of carbonyl (C=O) groups is 4.